The van der Waals surface area contributed by atoms with E-state index < -0.39 is 28.5 Å². The van der Waals surface area contributed by atoms with Gasteiger partial charge in [-0.3, -0.25) is 0 Å². The lowest BCUT2D eigenvalue weighted by molar-refractivity contribution is -0.121. The summed E-state index contributed by atoms with van der Waals surface area (Å²) in [4.78, 5) is 0. The maximum Gasteiger partial charge on any atom is 0.402 e. The Balaban J connectivity index is 4.83. The Morgan fingerprint density at radius 1 is 1.35 bits per heavy atom. The summed E-state index contributed by atoms with van der Waals surface area (Å²) < 4.78 is 61.4. The normalized spacial score (nSPS) is 17.2. The van der Waals surface area contributed by atoms with Crippen LogP contribution in [0, 0.1) is 0 Å². The van der Waals surface area contributed by atoms with E-state index >= 15 is 0 Å². The van der Waals surface area contributed by atoms with Crippen molar-refractivity contribution in [2.45, 2.75) is 32.0 Å². The molecule has 104 valence electrons. The summed E-state index contributed by atoms with van der Waals surface area (Å²) in [6.45, 7) is 1.71. The summed E-state index contributed by atoms with van der Waals surface area (Å²) in [5.74, 6) is 0. The van der Waals surface area contributed by atoms with Crippen LogP contribution in [0.2, 0.25) is 0 Å². The summed E-state index contributed by atoms with van der Waals surface area (Å²) in [6.07, 6.45) is -4.19. The van der Waals surface area contributed by atoms with Gasteiger partial charge >= 0.3 is 6.18 Å². The minimum atomic E-state index is -4.58. The van der Waals surface area contributed by atoms with Crippen LogP contribution in [0.15, 0.2) is 0 Å². The molecule has 0 aromatic rings. The summed E-state index contributed by atoms with van der Waals surface area (Å²) >= 11 is 0. The fourth-order valence-electron chi connectivity index (χ4n) is 1.06. The molecule has 5 nitrogen and oxygen atoms in total. The maximum absolute atomic E-state index is 11.9. The third-order valence-electron chi connectivity index (χ3n) is 2.78. The minimum Gasteiger partial charge on any atom is -0.329 e. The zero-order valence-electron chi connectivity index (χ0n) is 10.0. The van der Waals surface area contributed by atoms with Crippen LogP contribution in [-0.4, -0.2) is 44.6 Å². The first-order chi connectivity index (χ1) is 7.48. The minimum absolute atomic E-state index is 0.0208. The highest BCUT2D eigenvalue weighted by molar-refractivity contribution is 7.87. The standard InChI is InChI=1S/C8H18F3N3O2S/c1-4-7(2,5-12)14(3)17(15,16)13-6-8(9,10)11/h13H,4-6,12H2,1-3H3. The van der Waals surface area contributed by atoms with E-state index in [0.29, 0.717) is 6.42 Å². The molecule has 0 aliphatic carbocycles. The molecule has 0 saturated heterocycles. The number of rotatable bonds is 6. The molecule has 0 amide bonds. The Morgan fingerprint density at radius 2 is 1.82 bits per heavy atom. The molecule has 0 aromatic heterocycles. The number of nitrogens with two attached hydrogens (primary N) is 1. The van der Waals surface area contributed by atoms with Crippen molar-refractivity contribution >= 4 is 10.2 Å². The van der Waals surface area contributed by atoms with Gasteiger partial charge in [-0.05, 0) is 13.3 Å². The maximum atomic E-state index is 11.9. The predicted octanol–water partition coefficient (Wildman–Crippen LogP) is 0.442. The van der Waals surface area contributed by atoms with Crippen molar-refractivity contribution in [1.82, 2.24) is 9.03 Å². The molecule has 0 aliphatic rings. The summed E-state index contributed by atoms with van der Waals surface area (Å²) in [5, 5.41) is 0. The van der Waals surface area contributed by atoms with E-state index in [0.717, 1.165) is 4.31 Å². The average molecular weight is 277 g/mol. The second-order valence-electron chi connectivity index (χ2n) is 3.96. The number of hydrogen-bond donors (Lipinski definition) is 2. The van der Waals surface area contributed by atoms with Crippen molar-refractivity contribution in [3.05, 3.63) is 0 Å². The molecular weight excluding hydrogens is 259 g/mol. The number of alkyl halides is 3. The summed E-state index contributed by atoms with van der Waals surface area (Å²) in [6, 6.07) is 0. The molecular formula is C8H18F3N3O2S. The van der Waals surface area contributed by atoms with Crippen molar-refractivity contribution < 1.29 is 21.6 Å². The number of likely N-dealkylation sites (N-methyl/N-ethyl adjacent to an activating group) is 1. The largest absolute Gasteiger partial charge is 0.402 e. The van der Waals surface area contributed by atoms with E-state index in [4.69, 9.17) is 5.73 Å². The number of nitrogens with zero attached hydrogens (tertiary/aromatic N) is 1. The SMILES string of the molecule is CCC(C)(CN)N(C)S(=O)(=O)NCC(F)(F)F. The first-order valence-corrected chi connectivity index (χ1v) is 6.43. The molecule has 3 N–H and O–H groups in total. The van der Waals surface area contributed by atoms with E-state index in [1.54, 1.807) is 13.8 Å². The van der Waals surface area contributed by atoms with E-state index in [9.17, 15) is 21.6 Å². The lowest BCUT2D eigenvalue weighted by Crippen LogP contribution is -2.56. The molecule has 17 heavy (non-hydrogen) atoms. The molecule has 0 fully saturated rings. The molecule has 1 unspecified atom stereocenters. The molecule has 0 bridgehead atoms. The molecule has 0 aliphatic heterocycles. The van der Waals surface area contributed by atoms with Crippen LogP contribution in [0.3, 0.4) is 0 Å². The Hall–Kier alpha value is -0.380. The Kier molecular flexibility index (Phi) is 5.38. The fourth-order valence-corrected chi connectivity index (χ4v) is 2.38. The van der Waals surface area contributed by atoms with E-state index in [1.807, 2.05) is 0 Å². The van der Waals surface area contributed by atoms with Crippen molar-refractivity contribution in [3.63, 3.8) is 0 Å². The van der Waals surface area contributed by atoms with Gasteiger partial charge in [-0.1, -0.05) is 6.92 Å². The molecule has 0 spiro atoms. The molecule has 0 heterocycles. The molecule has 0 radical (unpaired) electrons. The van der Waals surface area contributed by atoms with Gasteiger partial charge in [0.05, 0.1) is 0 Å². The van der Waals surface area contributed by atoms with Crippen molar-refractivity contribution in [1.29, 1.82) is 0 Å². The Morgan fingerprint density at radius 3 is 2.12 bits per heavy atom. The van der Waals surface area contributed by atoms with Gasteiger partial charge in [0.1, 0.15) is 6.54 Å². The third kappa shape index (κ3) is 4.78. The topological polar surface area (TPSA) is 75.4 Å². The van der Waals surface area contributed by atoms with Crippen LogP contribution < -0.4 is 10.5 Å². The lowest BCUT2D eigenvalue weighted by atomic mass is 10.00. The van der Waals surface area contributed by atoms with Gasteiger partial charge in [-0.15, -0.1) is 0 Å². The van der Waals surface area contributed by atoms with Gasteiger partial charge < -0.3 is 5.73 Å². The highest BCUT2D eigenvalue weighted by Crippen LogP contribution is 2.20. The second kappa shape index (κ2) is 5.51. The Labute approximate surface area is 99.3 Å². The van der Waals surface area contributed by atoms with Crippen LogP contribution in [0.1, 0.15) is 20.3 Å². The van der Waals surface area contributed by atoms with E-state index in [1.165, 1.54) is 11.8 Å². The van der Waals surface area contributed by atoms with Gasteiger partial charge in [0, 0.05) is 19.1 Å². The van der Waals surface area contributed by atoms with Crippen LogP contribution in [0.5, 0.6) is 0 Å². The molecule has 9 heteroatoms. The summed E-state index contributed by atoms with van der Waals surface area (Å²) in [5.41, 5.74) is 4.54. The van der Waals surface area contributed by atoms with E-state index in [2.05, 4.69) is 0 Å². The molecule has 0 aromatic carbocycles. The van der Waals surface area contributed by atoms with Gasteiger partial charge in [0.15, 0.2) is 0 Å². The quantitative estimate of drug-likeness (QED) is 0.740. The average Bonchev–Trinajstić information content (AvgIpc) is 2.23. The van der Waals surface area contributed by atoms with Gasteiger partial charge in [0.2, 0.25) is 0 Å². The highest BCUT2D eigenvalue weighted by atomic mass is 32.2. The van der Waals surface area contributed by atoms with Crippen molar-refractivity contribution in [2.24, 2.45) is 5.73 Å². The molecule has 1 atom stereocenters. The fraction of sp³-hybridized carbons (Fsp3) is 1.00. The van der Waals surface area contributed by atoms with Gasteiger partial charge in [-0.2, -0.15) is 30.6 Å². The van der Waals surface area contributed by atoms with Crippen LogP contribution in [0.25, 0.3) is 0 Å². The monoisotopic (exact) mass is 277 g/mol. The van der Waals surface area contributed by atoms with Crippen molar-refractivity contribution in [2.75, 3.05) is 20.1 Å². The lowest BCUT2D eigenvalue weighted by Gasteiger charge is -2.36. The smallest absolute Gasteiger partial charge is 0.329 e. The van der Waals surface area contributed by atoms with Crippen LogP contribution in [0.4, 0.5) is 13.2 Å². The Bertz CT molecular complexity index is 338. The summed E-state index contributed by atoms with van der Waals surface area (Å²) in [7, 11) is -2.99. The van der Waals surface area contributed by atoms with E-state index in [-0.39, 0.29) is 6.54 Å². The number of halogens is 3. The van der Waals surface area contributed by atoms with Crippen LogP contribution >= 0.6 is 0 Å². The first-order valence-electron chi connectivity index (χ1n) is 4.99. The number of nitrogens with one attached hydrogen (secondary N) is 1. The molecule has 0 rings (SSSR count). The zero-order chi connectivity index (χ0) is 13.9. The predicted molar refractivity (Wildman–Crippen MR) is 58.5 cm³/mol. The second-order valence-corrected chi connectivity index (χ2v) is 5.75. The first kappa shape index (κ1) is 16.6. The zero-order valence-corrected chi connectivity index (χ0v) is 10.8. The third-order valence-corrected chi connectivity index (χ3v) is 4.45. The highest BCUT2D eigenvalue weighted by Gasteiger charge is 2.37. The van der Waals surface area contributed by atoms with Gasteiger partial charge in [0.25, 0.3) is 10.2 Å². The van der Waals surface area contributed by atoms with Crippen LogP contribution in [-0.2, 0) is 10.2 Å². The molecule has 0 saturated carbocycles. The van der Waals surface area contributed by atoms with Gasteiger partial charge in [-0.25, -0.2) is 0 Å². The number of hydrogen-bond acceptors (Lipinski definition) is 3. The van der Waals surface area contributed by atoms with Crippen molar-refractivity contribution in [3.8, 4) is 0 Å².